The molecule has 0 amide bonds. The van der Waals surface area contributed by atoms with Crippen LogP contribution < -0.4 is 0 Å². The molecular formula is C9H14N2OS. The minimum atomic E-state index is 0.431. The molecule has 1 aromatic rings. The van der Waals surface area contributed by atoms with Crippen LogP contribution in [0.4, 0.5) is 0 Å². The summed E-state index contributed by atoms with van der Waals surface area (Å²) in [5.74, 6) is 0. The van der Waals surface area contributed by atoms with Crippen LogP contribution >= 0.6 is 11.3 Å². The lowest BCUT2D eigenvalue weighted by Gasteiger charge is -2.13. The Labute approximate surface area is 82.3 Å². The maximum absolute atomic E-state index is 5.30. The van der Waals surface area contributed by atoms with E-state index in [1.54, 1.807) is 18.4 Å². The van der Waals surface area contributed by atoms with Crippen molar-refractivity contribution in [1.29, 1.82) is 0 Å². The van der Waals surface area contributed by atoms with Gasteiger partial charge in [0, 0.05) is 31.8 Å². The molecule has 1 atom stereocenters. The van der Waals surface area contributed by atoms with Gasteiger partial charge in [0.1, 0.15) is 5.01 Å². The number of aromatic nitrogens is 1. The molecule has 0 spiro atoms. The first-order chi connectivity index (χ1) is 6.38. The Morgan fingerprint density at radius 2 is 2.69 bits per heavy atom. The first kappa shape index (κ1) is 9.12. The van der Waals surface area contributed by atoms with Gasteiger partial charge in [-0.1, -0.05) is 0 Å². The molecule has 3 nitrogen and oxygen atoms in total. The highest BCUT2D eigenvalue weighted by atomic mass is 32.1. The van der Waals surface area contributed by atoms with Crippen molar-refractivity contribution in [3.63, 3.8) is 0 Å². The molecule has 1 aromatic heterocycles. The first-order valence-electron chi connectivity index (χ1n) is 4.52. The Hall–Kier alpha value is -0.450. The van der Waals surface area contributed by atoms with Crippen molar-refractivity contribution in [3.8, 4) is 0 Å². The lowest BCUT2D eigenvalue weighted by molar-refractivity contribution is 0.107. The molecule has 72 valence electrons. The van der Waals surface area contributed by atoms with Crippen LogP contribution in [0.1, 0.15) is 11.4 Å². The summed E-state index contributed by atoms with van der Waals surface area (Å²) in [5.41, 5.74) is 0. The van der Waals surface area contributed by atoms with Crippen molar-refractivity contribution in [2.75, 3.05) is 20.2 Å². The van der Waals surface area contributed by atoms with Gasteiger partial charge in [0.2, 0.25) is 0 Å². The van der Waals surface area contributed by atoms with Crippen molar-refractivity contribution < 1.29 is 4.74 Å². The SMILES string of the molecule is CO[C@H]1CCN(Cc2nccs2)C1. The molecule has 1 aliphatic heterocycles. The second-order valence-corrected chi connectivity index (χ2v) is 4.29. The van der Waals surface area contributed by atoms with E-state index < -0.39 is 0 Å². The second kappa shape index (κ2) is 4.17. The van der Waals surface area contributed by atoms with E-state index in [2.05, 4.69) is 9.88 Å². The monoisotopic (exact) mass is 198 g/mol. The zero-order chi connectivity index (χ0) is 9.10. The summed E-state index contributed by atoms with van der Waals surface area (Å²) in [6.45, 7) is 3.17. The third-order valence-corrected chi connectivity index (χ3v) is 3.17. The van der Waals surface area contributed by atoms with E-state index in [1.807, 2.05) is 11.6 Å². The van der Waals surface area contributed by atoms with Gasteiger partial charge >= 0.3 is 0 Å². The van der Waals surface area contributed by atoms with E-state index in [4.69, 9.17) is 4.74 Å². The van der Waals surface area contributed by atoms with E-state index in [1.165, 1.54) is 5.01 Å². The van der Waals surface area contributed by atoms with Crippen molar-refractivity contribution in [2.45, 2.75) is 19.1 Å². The van der Waals surface area contributed by atoms with Gasteiger partial charge in [-0.15, -0.1) is 11.3 Å². The Morgan fingerprint density at radius 1 is 1.77 bits per heavy atom. The van der Waals surface area contributed by atoms with Crippen LogP contribution in [0.5, 0.6) is 0 Å². The van der Waals surface area contributed by atoms with Gasteiger partial charge in [0.15, 0.2) is 0 Å². The topological polar surface area (TPSA) is 25.4 Å². The van der Waals surface area contributed by atoms with Gasteiger partial charge in [0.05, 0.1) is 12.6 Å². The van der Waals surface area contributed by atoms with Crippen molar-refractivity contribution in [2.24, 2.45) is 0 Å². The number of thiazole rings is 1. The lowest BCUT2D eigenvalue weighted by Crippen LogP contribution is -2.22. The molecule has 0 aromatic carbocycles. The molecular weight excluding hydrogens is 184 g/mol. The van der Waals surface area contributed by atoms with Crippen LogP contribution in [0.25, 0.3) is 0 Å². The fourth-order valence-corrected chi connectivity index (χ4v) is 2.31. The molecule has 1 aliphatic rings. The van der Waals surface area contributed by atoms with E-state index in [9.17, 15) is 0 Å². The molecule has 0 aliphatic carbocycles. The number of ether oxygens (including phenoxy) is 1. The highest BCUT2D eigenvalue weighted by Crippen LogP contribution is 2.16. The standard InChI is InChI=1S/C9H14N2OS/c1-12-8-2-4-11(6-8)7-9-10-3-5-13-9/h3,5,8H,2,4,6-7H2,1H3/t8-/m0/s1. The minimum Gasteiger partial charge on any atom is -0.380 e. The summed E-state index contributed by atoms with van der Waals surface area (Å²) >= 11 is 1.73. The zero-order valence-corrected chi connectivity index (χ0v) is 8.59. The number of likely N-dealkylation sites (tertiary alicyclic amines) is 1. The van der Waals surface area contributed by atoms with E-state index in [-0.39, 0.29) is 0 Å². The number of nitrogens with zero attached hydrogens (tertiary/aromatic N) is 2. The van der Waals surface area contributed by atoms with E-state index in [0.717, 1.165) is 26.1 Å². The van der Waals surface area contributed by atoms with Gasteiger partial charge in [-0.3, -0.25) is 4.90 Å². The van der Waals surface area contributed by atoms with Crippen LogP contribution in [-0.4, -0.2) is 36.2 Å². The highest BCUT2D eigenvalue weighted by molar-refractivity contribution is 7.09. The largest absolute Gasteiger partial charge is 0.380 e. The maximum atomic E-state index is 5.30. The van der Waals surface area contributed by atoms with Gasteiger partial charge in [-0.25, -0.2) is 4.98 Å². The van der Waals surface area contributed by atoms with Crippen molar-refractivity contribution in [3.05, 3.63) is 16.6 Å². The van der Waals surface area contributed by atoms with E-state index in [0.29, 0.717) is 6.10 Å². The summed E-state index contributed by atoms with van der Waals surface area (Å²) in [6.07, 6.45) is 3.45. The number of methoxy groups -OCH3 is 1. The van der Waals surface area contributed by atoms with Crippen molar-refractivity contribution >= 4 is 11.3 Å². The summed E-state index contributed by atoms with van der Waals surface area (Å²) in [5, 5.41) is 3.23. The van der Waals surface area contributed by atoms with E-state index >= 15 is 0 Å². The number of rotatable bonds is 3. The summed E-state index contributed by atoms with van der Waals surface area (Å²) in [7, 11) is 1.79. The molecule has 4 heteroatoms. The molecule has 2 rings (SSSR count). The van der Waals surface area contributed by atoms with Crippen LogP contribution in [-0.2, 0) is 11.3 Å². The predicted molar refractivity (Wildman–Crippen MR) is 52.8 cm³/mol. The summed E-state index contributed by atoms with van der Waals surface area (Å²) in [6, 6.07) is 0. The van der Waals surface area contributed by atoms with Crippen LogP contribution in [0.2, 0.25) is 0 Å². The minimum absolute atomic E-state index is 0.431. The quantitative estimate of drug-likeness (QED) is 0.733. The summed E-state index contributed by atoms with van der Waals surface area (Å²) in [4.78, 5) is 6.66. The third-order valence-electron chi connectivity index (χ3n) is 2.40. The molecule has 0 unspecified atom stereocenters. The molecule has 13 heavy (non-hydrogen) atoms. The zero-order valence-electron chi connectivity index (χ0n) is 7.77. The fraction of sp³-hybridized carbons (Fsp3) is 0.667. The average molecular weight is 198 g/mol. The number of hydrogen-bond donors (Lipinski definition) is 0. The van der Waals surface area contributed by atoms with Gasteiger partial charge in [0.25, 0.3) is 0 Å². The molecule has 0 N–H and O–H groups in total. The van der Waals surface area contributed by atoms with Gasteiger partial charge in [-0.2, -0.15) is 0 Å². The van der Waals surface area contributed by atoms with Crippen LogP contribution in [0, 0.1) is 0 Å². The average Bonchev–Trinajstić information content (AvgIpc) is 2.76. The Balaban J connectivity index is 1.84. The van der Waals surface area contributed by atoms with Gasteiger partial charge in [-0.05, 0) is 6.42 Å². The smallest absolute Gasteiger partial charge is 0.107 e. The molecule has 2 heterocycles. The Bertz CT molecular complexity index is 250. The maximum Gasteiger partial charge on any atom is 0.107 e. The number of hydrogen-bond acceptors (Lipinski definition) is 4. The highest BCUT2D eigenvalue weighted by Gasteiger charge is 2.22. The lowest BCUT2D eigenvalue weighted by atomic mass is 10.3. The molecule has 0 radical (unpaired) electrons. The Morgan fingerprint density at radius 3 is 3.31 bits per heavy atom. The predicted octanol–water partition coefficient (Wildman–Crippen LogP) is 1.36. The molecule has 0 bridgehead atoms. The molecule has 1 fully saturated rings. The van der Waals surface area contributed by atoms with Crippen LogP contribution in [0.15, 0.2) is 11.6 Å². The fourth-order valence-electron chi connectivity index (χ4n) is 1.66. The Kier molecular flexibility index (Phi) is 2.93. The molecule has 0 saturated carbocycles. The van der Waals surface area contributed by atoms with Crippen LogP contribution in [0.3, 0.4) is 0 Å². The normalized spacial score (nSPS) is 23.9. The second-order valence-electron chi connectivity index (χ2n) is 3.31. The van der Waals surface area contributed by atoms with Crippen molar-refractivity contribution in [1.82, 2.24) is 9.88 Å². The summed E-state index contributed by atoms with van der Waals surface area (Å²) < 4.78 is 5.30. The first-order valence-corrected chi connectivity index (χ1v) is 5.40. The van der Waals surface area contributed by atoms with Gasteiger partial charge < -0.3 is 4.74 Å². The molecule has 1 saturated heterocycles. The third kappa shape index (κ3) is 2.27.